The Kier molecular flexibility index (Phi) is 5.55. The maximum absolute atomic E-state index is 10.9. The molecule has 0 aliphatic carbocycles. The Bertz CT molecular complexity index is 404. The number of aromatic carboxylic acids is 1. The predicted molar refractivity (Wildman–Crippen MR) is 74.7 cm³/mol. The van der Waals surface area contributed by atoms with Gasteiger partial charge in [-0.3, -0.25) is 0 Å². The minimum atomic E-state index is -0.905. The number of carboxylic acid groups (broad SMARTS) is 1. The van der Waals surface area contributed by atoms with Crippen molar-refractivity contribution in [2.75, 3.05) is 25.5 Å². The maximum atomic E-state index is 10.9. The Morgan fingerprint density at radius 2 is 2.22 bits per heavy atom. The average Bonchev–Trinajstić information content (AvgIpc) is 2.65. The number of rotatable bonds is 7. The van der Waals surface area contributed by atoms with Gasteiger partial charge in [-0.05, 0) is 40.8 Å². The van der Waals surface area contributed by atoms with Crippen LogP contribution in [0, 0.1) is 6.92 Å². The Labute approximate surface area is 112 Å². The molecule has 1 heterocycles. The smallest absolute Gasteiger partial charge is 0.347 e. The summed E-state index contributed by atoms with van der Waals surface area (Å²) in [5.41, 5.74) is 0.578. The third-order valence-corrected chi connectivity index (χ3v) is 3.94. The van der Waals surface area contributed by atoms with Gasteiger partial charge in [-0.2, -0.15) is 0 Å². The van der Waals surface area contributed by atoms with Crippen molar-refractivity contribution in [1.29, 1.82) is 0 Å². The van der Waals surface area contributed by atoms with Crippen LogP contribution in [0.5, 0.6) is 0 Å². The average molecular weight is 271 g/mol. The van der Waals surface area contributed by atoms with Crippen molar-refractivity contribution < 1.29 is 9.90 Å². The van der Waals surface area contributed by atoms with Crippen LogP contribution >= 0.6 is 11.3 Å². The van der Waals surface area contributed by atoms with Gasteiger partial charge in [0.1, 0.15) is 4.88 Å². The second-order valence-corrected chi connectivity index (χ2v) is 5.59. The van der Waals surface area contributed by atoms with Crippen LogP contribution in [0.25, 0.3) is 0 Å². The van der Waals surface area contributed by atoms with Gasteiger partial charge in [0.05, 0.1) is 5.69 Å². The summed E-state index contributed by atoms with van der Waals surface area (Å²) in [5.74, 6) is -0.905. The maximum Gasteiger partial charge on any atom is 0.347 e. The van der Waals surface area contributed by atoms with Gasteiger partial charge in [0, 0.05) is 12.6 Å². The fourth-order valence-corrected chi connectivity index (χ4v) is 2.28. The number of aromatic nitrogens is 1. The van der Waals surface area contributed by atoms with Crippen molar-refractivity contribution in [1.82, 2.24) is 9.88 Å². The van der Waals surface area contributed by atoms with E-state index < -0.39 is 5.97 Å². The van der Waals surface area contributed by atoms with Crippen LogP contribution in [0.4, 0.5) is 5.13 Å². The SMILES string of the molecule is Cc1nc(NCCCN(C)C(C)C)sc1C(=O)O. The highest BCUT2D eigenvalue weighted by Gasteiger charge is 2.13. The van der Waals surface area contributed by atoms with Crippen LogP contribution in [0.15, 0.2) is 0 Å². The molecule has 0 aromatic carbocycles. The van der Waals surface area contributed by atoms with E-state index >= 15 is 0 Å². The number of hydrogen-bond donors (Lipinski definition) is 2. The normalized spacial score (nSPS) is 11.2. The first-order valence-electron chi connectivity index (χ1n) is 6.06. The van der Waals surface area contributed by atoms with E-state index in [0.29, 0.717) is 21.7 Å². The van der Waals surface area contributed by atoms with E-state index in [1.54, 1.807) is 6.92 Å². The van der Waals surface area contributed by atoms with E-state index in [2.05, 4.69) is 36.1 Å². The molecule has 0 atom stereocenters. The zero-order valence-corrected chi connectivity index (χ0v) is 12.2. The number of thiazole rings is 1. The quantitative estimate of drug-likeness (QED) is 0.745. The second-order valence-electron chi connectivity index (χ2n) is 4.59. The number of nitrogens with zero attached hydrogens (tertiary/aromatic N) is 2. The number of hydrogen-bond acceptors (Lipinski definition) is 5. The van der Waals surface area contributed by atoms with Crippen LogP contribution in [0.1, 0.15) is 35.6 Å². The second kappa shape index (κ2) is 6.70. The molecule has 1 aromatic rings. The van der Waals surface area contributed by atoms with Gasteiger partial charge in [0.15, 0.2) is 5.13 Å². The van der Waals surface area contributed by atoms with Crippen LogP contribution in [-0.2, 0) is 0 Å². The topological polar surface area (TPSA) is 65.5 Å². The molecule has 0 fully saturated rings. The number of nitrogens with one attached hydrogen (secondary N) is 1. The van der Waals surface area contributed by atoms with E-state index in [9.17, 15) is 4.79 Å². The molecule has 5 nitrogen and oxygen atoms in total. The Hall–Kier alpha value is -1.14. The summed E-state index contributed by atoms with van der Waals surface area (Å²) in [4.78, 5) is 17.7. The Morgan fingerprint density at radius 1 is 1.56 bits per heavy atom. The first kappa shape index (κ1) is 14.9. The van der Waals surface area contributed by atoms with Gasteiger partial charge in [-0.15, -0.1) is 0 Å². The largest absolute Gasteiger partial charge is 0.477 e. The molecule has 1 aromatic heterocycles. The summed E-state index contributed by atoms with van der Waals surface area (Å²) in [7, 11) is 2.10. The fourth-order valence-electron chi connectivity index (χ4n) is 1.45. The van der Waals surface area contributed by atoms with Crippen molar-refractivity contribution in [3.05, 3.63) is 10.6 Å². The minimum Gasteiger partial charge on any atom is -0.477 e. The third kappa shape index (κ3) is 4.27. The zero-order chi connectivity index (χ0) is 13.7. The first-order valence-corrected chi connectivity index (χ1v) is 6.88. The summed E-state index contributed by atoms with van der Waals surface area (Å²) in [5, 5.41) is 12.8. The minimum absolute atomic E-state index is 0.316. The molecule has 2 N–H and O–H groups in total. The molecule has 6 heteroatoms. The molecule has 0 unspecified atom stereocenters. The molecule has 102 valence electrons. The highest BCUT2D eigenvalue weighted by molar-refractivity contribution is 7.17. The summed E-state index contributed by atoms with van der Waals surface area (Å²) in [6.45, 7) is 7.87. The van der Waals surface area contributed by atoms with Gasteiger partial charge in [-0.25, -0.2) is 9.78 Å². The van der Waals surface area contributed by atoms with Gasteiger partial charge >= 0.3 is 5.97 Å². The predicted octanol–water partition coefficient (Wildman–Crippen LogP) is 2.29. The highest BCUT2D eigenvalue weighted by Crippen LogP contribution is 2.22. The molecule has 1 rings (SSSR count). The van der Waals surface area contributed by atoms with E-state index in [-0.39, 0.29) is 0 Å². The molecule has 0 saturated carbocycles. The Balaban J connectivity index is 2.36. The Morgan fingerprint density at radius 3 is 2.72 bits per heavy atom. The third-order valence-electron chi connectivity index (χ3n) is 2.84. The van der Waals surface area contributed by atoms with Crippen LogP contribution in [0.2, 0.25) is 0 Å². The molecular weight excluding hydrogens is 250 g/mol. The van der Waals surface area contributed by atoms with E-state index in [1.165, 1.54) is 11.3 Å². The number of anilines is 1. The van der Waals surface area contributed by atoms with Crippen molar-refractivity contribution in [3.63, 3.8) is 0 Å². The lowest BCUT2D eigenvalue weighted by molar-refractivity contribution is 0.0701. The lowest BCUT2D eigenvalue weighted by Gasteiger charge is -2.20. The molecule has 0 radical (unpaired) electrons. The van der Waals surface area contributed by atoms with Gasteiger partial charge in [0.25, 0.3) is 0 Å². The van der Waals surface area contributed by atoms with Gasteiger partial charge < -0.3 is 15.3 Å². The molecular formula is C12H21N3O2S. The van der Waals surface area contributed by atoms with E-state index in [1.807, 2.05) is 0 Å². The fraction of sp³-hybridized carbons (Fsp3) is 0.667. The van der Waals surface area contributed by atoms with Gasteiger partial charge in [-0.1, -0.05) is 11.3 Å². The standard InChI is InChI=1S/C12H21N3O2S/c1-8(2)15(4)7-5-6-13-12-14-9(3)10(18-12)11(16)17/h8H,5-7H2,1-4H3,(H,13,14)(H,16,17). The van der Waals surface area contributed by atoms with Crippen molar-refractivity contribution in [2.45, 2.75) is 33.2 Å². The molecule has 0 spiro atoms. The van der Waals surface area contributed by atoms with Crippen molar-refractivity contribution in [2.24, 2.45) is 0 Å². The molecule has 0 aliphatic rings. The summed E-state index contributed by atoms with van der Waals surface area (Å²) in [6, 6.07) is 0.547. The van der Waals surface area contributed by atoms with Crippen LogP contribution in [0.3, 0.4) is 0 Å². The van der Waals surface area contributed by atoms with Crippen LogP contribution < -0.4 is 5.32 Å². The zero-order valence-electron chi connectivity index (χ0n) is 11.4. The molecule has 0 aliphatic heterocycles. The molecule has 0 bridgehead atoms. The van der Waals surface area contributed by atoms with Crippen molar-refractivity contribution in [3.8, 4) is 0 Å². The monoisotopic (exact) mass is 271 g/mol. The number of carboxylic acids is 1. The number of aryl methyl sites for hydroxylation is 1. The first-order chi connectivity index (χ1) is 8.41. The summed E-state index contributed by atoms with van der Waals surface area (Å²) in [6.07, 6.45) is 1.01. The summed E-state index contributed by atoms with van der Waals surface area (Å²) < 4.78 is 0. The number of carbonyl (C=O) groups is 1. The molecule has 0 saturated heterocycles. The van der Waals surface area contributed by atoms with Gasteiger partial charge in [0.2, 0.25) is 0 Å². The van der Waals surface area contributed by atoms with E-state index in [0.717, 1.165) is 19.5 Å². The lowest BCUT2D eigenvalue weighted by atomic mass is 10.3. The molecule has 0 amide bonds. The molecule has 18 heavy (non-hydrogen) atoms. The van der Waals surface area contributed by atoms with Crippen molar-refractivity contribution >= 4 is 22.4 Å². The van der Waals surface area contributed by atoms with Crippen LogP contribution in [-0.4, -0.2) is 47.1 Å². The lowest BCUT2D eigenvalue weighted by Crippen LogP contribution is -2.28. The van der Waals surface area contributed by atoms with E-state index in [4.69, 9.17) is 5.11 Å². The summed E-state index contributed by atoms with van der Waals surface area (Å²) >= 11 is 1.20. The highest BCUT2D eigenvalue weighted by atomic mass is 32.1.